The van der Waals surface area contributed by atoms with Gasteiger partial charge in [-0.2, -0.15) is 0 Å². The van der Waals surface area contributed by atoms with Gasteiger partial charge in [0.05, 0.1) is 19.9 Å². The number of benzene rings is 1. The predicted molar refractivity (Wildman–Crippen MR) is 66.6 cm³/mol. The van der Waals surface area contributed by atoms with Gasteiger partial charge in [-0.05, 0) is 26.0 Å². The predicted octanol–water partition coefficient (Wildman–Crippen LogP) is 2.71. The summed E-state index contributed by atoms with van der Waals surface area (Å²) in [5, 5.41) is 0. The Labute approximate surface area is 101 Å². The highest BCUT2D eigenvalue weighted by Gasteiger charge is 2.12. The van der Waals surface area contributed by atoms with Crippen LogP contribution in [0.2, 0.25) is 0 Å². The van der Waals surface area contributed by atoms with E-state index in [1.807, 2.05) is 32.0 Å². The first-order valence-electron chi connectivity index (χ1n) is 5.41. The lowest BCUT2D eigenvalue weighted by Crippen LogP contribution is -1.91. The molecule has 17 heavy (non-hydrogen) atoms. The summed E-state index contributed by atoms with van der Waals surface area (Å²) in [6.45, 7) is 3.94. The van der Waals surface area contributed by atoms with Gasteiger partial charge in [0.25, 0.3) is 0 Å². The van der Waals surface area contributed by atoms with Crippen molar-refractivity contribution in [3.8, 4) is 22.8 Å². The summed E-state index contributed by atoms with van der Waals surface area (Å²) in [5.41, 5.74) is 2.92. The number of methoxy groups -OCH3 is 2. The number of hydrogen-bond donors (Lipinski definition) is 1. The first-order chi connectivity index (χ1) is 8.15. The number of nitrogens with one attached hydrogen (secondary N) is 1. The third kappa shape index (κ3) is 2.11. The highest BCUT2D eigenvalue weighted by atomic mass is 16.5. The lowest BCUT2D eigenvalue weighted by atomic mass is 10.1. The quantitative estimate of drug-likeness (QED) is 0.885. The van der Waals surface area contributed by atoms with Gasteiger partial charge in [-0.15, -0.1) is 0 Å². The van der Waals surface area contributed by atoms with Crippen molar-refractivity contribution in [2.45, 2.75) is 13.8 Å². The van der Waals surface area contributed by atoms with Crippen molar-refractivity contribution in [3.63, 3.8) is 0 Å². The van der Waals surface area contributed by atoms with Crippen LogP contribution in [0.15, 0.2) is 18.2 Å². The fraction of sp³-hybridized carbons (Fsp3) is 0.308. The second-order valence-corrected chi connectivity index (χ2v) is 3.86. The SMILES string of the molecule is COc1ccc(-c2nc(C)[nH]c2C)c(OC)c1. The van der Waals surface area contributed by atoms with Gasteiger partial charge in [-0.25, -0.2) is 4.98 Å². The lowest BCUT2D eigenvalue weighted by molar-refractivity contribution is 0.395. The molecule has 0 spiro atoms. The molecule has 0 saturated carbocycles. The van der Waals surface area contributed by atoms with Crippen molar-refractivity contribution < 1.29 is 9.47 Å². The van der Waals surface area contributed by atoms with E-state index in [1.165, 1.54) is 0 Å². The van der Waals surface area contributed by atoms with Crippen molar-refractivity contribution in [2.24, 2.45) is 0 Å². The first-order valence-corrected chi connectivity index (χ1v) is 5.41. The van der Waals surface area contributed by atoms with Crippen LogP contribution >= 0.6 is 0 Å². The normalized spacial score (nSPS) is 10.4. The molecule has 1 N–H and O–H groups in total. The number of aromatic amines is 1. The van der Waals surface area contributed by atoms with Gasteiger partial charge in [0, 0.05) is 17.3 Å². The van der Waals surface area contributed by atoms with E-state index in [0.29, 0.717) is 0 Å². The van der Waals surface area contributed by atoms with E-state index >= 15 is 0 Å². The van der Waals surface area contributed by atoms with E-state index in [0.717, 1.165) is 34.3 Å². The molecule has 4 heteroatoms. The van der Waals surface area contributed by atoms with Crippen molar-refractivity contribution >= 4 is 0 Å². The highest BCUT2D eigenvalue weighted by Crippen LogP contribution is 2.33. The minimum Gasteiger partial charge on any atom is -0.497 e. The van der Waals surface area contributed by atoms with Crippen LogP contribution in [0.25, 0.3) is 11.3 Å². The van der Waals surface area contributed by atoms with Crippen molar-refractivity contribution in [3.05, 3.63) is 29.7 Å². The number of ether oxygens (including phenoxy) is 2. The summed E-state index contributed by atoms with van der Waals surface area (Å²) in [4.78, 5) is 7.66. The summed E-state index contributed by atoms with van der Waals surface area (Å²) in [7, 11) is 3.28. The molecule has 0 aliphatic rings. The molecule has 1 heterocycles. The Morgan fingerprint density at radius 2 is 1.88 bits per heavy atom. The third-order valence-electron chi connectivity index (χ3n) is 2.67. The lowest BCUT2D eigenvalue weighted by Gasteiger charge is -2.09. The highest BCUT2D eigenvalue weighted by molar-refractivity contribution is 5.70. The molecule has 0 aliphatic carbocycles. The van der Waals surface area contributed by atoms with Gasteiger partial charge >= 0.3 is 0 Å². The van der Waals surface area contributed by atoms with Gasteiger partial charge in [0.15, 0.2) is 0 Å². The molecule has 0 bridgehead atoms. The number of rotatable bonds is 3. The molecule has 0 saturated heterocycles. The van der Waals surface area contributed by atoms with E-state index in [2.05, 4.69) is 9.97 Å². The molecule has 4 nitrogen and oxygen atoms in total. The molecular weight excluding hydrogens is 216 g/mol. The molecule has 0 fully saturated rings. The number of H-pyrrole nitrogens is 1. The number of nitrogens with zero attached hydrogens (tertiary/aromatic N) is 1. The van der Waals surface area contributed by atoms with E-state index in [1.54, 1.807) is 14.2 Å². The number of aromatic nitrogens is 2. The van der Waals surface area contributed by atoms with Crippen LogP contribution in [0.3, 0.4) is 0 Å². The van der Waals surface area contributed by atoms with Crippen LogP contribution < -0.4 is 9.47 Å². The van der Waals surface area contributed by atoms with E-state index in [9.17, 15) is 0 Å². The van der Waals surface area contributed by atoms with Crippen molar-refractivity contribution in [1.82, 2.24) is 9.97 Å². The smallest absolute Gasteiger partial charge is 0.132 e. The maximum atomic E-state index is 5.37. The molecule has 0 atom stereocenters. The van der Waals surface area contributed by atoms with E-state index in [-0.39, 0.29) is 0 Å². The zero-order valence-corrected chi connectivity index (χ0v) is 10.5. The van der Waals surface area contributed by atoms with E-state index < -0.39 is 0 Å². The average Bonchev–Trinajstić information content (AvgIpc) is 2.67. The fourth-order valence-corrected chi connectivity index (χ4v) is 1.87. The molecule has 0 amide bonds. The van der Waals surface area contributed by atoms with Crippen molar-refractivity contribution in [1.29, 1.82) is 0 Å². The minimum atomic E-state index is 0.763. The van der Waals surface area contributed by atoms with Gasteiger partial charge in [-0.3, -0.25) is 0 Å². The number of imidazole rings is 1. The standard InChI is InChI=1S/C13H16N2O2/c1-8-13(15-9(2)14-8)11-6-5-10(16-3)7-12(11)17-4/h5-7H,1-4H3,(H,14,15). The average molecular weight is 232 g/mol. The molecule has 2 aromatic rings. The summed E-state index contributed by atoms with van der Waals surface area (Å²) >= 11 is 0. The Hall–Kier alpha value is -1.97. The van der Waals surface area contributed by atoms with Crippen LogP contribution in [-0.2, 0) is 0 Å². The van der Waals surface area contributed by atoms with Crippen LogP contribution in [0, 0.1) is 13.8 Å². The Morgan fingerprint density at radius 1 is 1.12 bits per heavy atom. The van der Waals surface area contributed by atoms with Gasteiger partial charge in [-0.1, -0.05) is 0 Å². The second kappa shape index (κ2) is 4.49. The zero-order chi connectivity index (χ0) is 12.4. The molecule has 0 aliphatic heterocycles. The molecule has 0 radical (unpaired) electrons. The Morgan fingerprint density at radius 3 is 2.41 bits per heavy atom. The molecule has 1 aromatic carbocycles. The zero-order valence-electron chi connectivity index (χ0n) is 10.5. The van der Waals surface area contributed by atoms with Crippen LogP contribution in [0.4, 0.5) is 0 Å². The van der Waals surface area contributed by atoms with Crippen LogP contribution in [-0.4, -0.2) is 24.2 Å². The summed E-state index contributed by atoms with van der Waals surface area (Å²) in [5.74, 6) is 2.44. The van der Waals surface area contributed by atoms with Crippen molar-refractivity contribution in [2.75, 3.05) is 14.2 Å². The summed E-state index contributed by atoms with van der Waals surface area (Å²) in [6, 6.07) is 5.72. The van der Waals surface area contributed by atoms with Gasteiger partial charge < -0.3 is 14.5 Å². The molecule has 1 aromatic heterocycles. The Kier molecular flexibility index (Phi) is 3.04. The van der Waals surface area contributed by atoms with Gasteiger partial charge in [0.1, 0.15) is 17.3 Å². The van der Waals surface area contributed by atoms with Crippen LogP contribution in [0.1, 0.15) is 11.5 Å². The fourth-order valence-electron chi connectivity index (χ4n) is 1.87. The first kappa shape index (κ1) is 11.5. The number of aryl methyl sites for hydroxylation is 2. The van der Waals surface area contributed by atoms with E-state index in [4.69, 9.17) is 9.47 Å². The second-order valence-electron chi connectivity index (χ2n) is 3.86. The molecule has 90 valence electrons. The third-order valence-corrected chi connectivity index (χ3v) is 2.67. The molecular formula is C13H16N2O2. The Balaban J connectivity index is 2.55. The van der Waals surface area contributed by atoms with Gasteiger partial charge in [0.2, 0.25) is 0 Å². The Bertz CT molecular complexity index is 532. The molecule has 2 rings (SSSR count). The topological polar surface area (TPSA) is 47.1 Å². The maximum absolute atomic E-state index is 5.37. The largest absolute Gasteiger partial charge is 0.497 e. The summed E-state index contributed by atoms with van der Waals surface area (Å²) < 4.78 is 10.5. The minimum absolute atomic E-state index is 0.763. The van der Waals surface area contributed by atoms with Crippen LogP contribution in [0.5, 0.6) is 11.5 Å². The number of hydrogen-bond acceptors (Lipinski definition) is 3. The summed E-state index contributed by atoms with van der Waals surface area (Å²) in [6.07, 6.45) is 0. The monoisotopic (exact) mass is 232 g/mol. The molecule has 0 unspecified atom stereocenters. The maximum Gasteiger partial charge on any atom is 0.132 e.